The van der Waals surface area contributed by atoms with Crippen LogP contribution in [0.15, 0.2) is 42.5 Å². The van der Waals surface area contributed by atoms with Crippen molar-refractivity contribution in [2.45, 2.75) is 20.8 Å². The summed E-state index contributed by atoms with van der Waals surface area (Å²) in [6.07, 6.45) is 7.54. The van der Waals surface area contributed by atoms with Gasteiger partial charge in [-0.2, -0.15) is 0 Å². The number of hydrogen-bond donors (Lipinski definition) is 0. The summed E-state index contributed by atoms with van der Waals surface area (Å²) in [6, 6.07) is 10.9. The maximum Gasteiger partial charge on any atom is 0.132 e. The lowest BCUT2D eigenvalue weighted by Crippen LogP contribution is -1.93. The summed E-state index contributed by atoms with van der Waals surface area (Å²) in [5.74, 6) is 2.29. The molecule has 0 fully saturated rings. The fourth-order valence-corrected chi connectivity index (χ4v) is 2.22. The molecule has 0 atom stereocenters. The van der Waals surface area contributed by atoms with Crippen molar-refractivity contribution in [2.24, 2.45) is 0 Å². The Morgan fingerprint density at radius 2 is 2.00 bits per heavy atom. The Morgan fingerprint density at radius 3 is 2.65 bits per heavy atom. The molecule has 0 heterocycles. The smallest absolute Gasteiger partial charge is 0.132 e. The lowest BCUT2D eigenvalue weighted by atomic mass is 9.92. The van der Waals surface area contributed by atoms with Gasteiger partial charge in [-0.1, -0.05) is 30.2 Å². The van der Waals surface area contributed by atoms with Gasteiger partial charge in [-0.25, -0.2) is 4.39 Å². The molecule has 2 aromatic rings. The van der Waals surface area contributed by atoms with Crippen molar-refractivity contribution < 1.29 is 4.39 Å². The molecule has 0 nitrogen and oxygen atoms in total. The van der Waals surface area contributed by atoms with E-state index in [1.165, 1.54) is 6.07 Å². The van der Waals surface area contributed by atoms with Crippen LogP contribution in [0.2, 0.25) is 0 Å². The summed E-state index contributed by atoms with van der Waals surface area (Å²) in [5, 5.41) is 0. The molecule has 0 aliphatic rings. The highest BCUT2D eigenvalue weighted by molar-refractivity contribution is 5.78. The number of benzene rings is 2. The van der Waals surface area contributed by atoms with Crippen LogP contribution in [0.25, 0.3) is 16.7 Å². The van der Waals surface area contributed by atoms with E-state index in [1.54, 1.807) is 12.1 Å². The van der Waals surface area contributed by atoms with Crippen LogP contribution in [-0.4, -0.2) is 0 Å². The largest absolute Gasteiger partial charge is 0.206 e. The van der Waals surface area contributed by atoms with E-state index in [9.17, 15) is 4.39 Å². The Bertz CT molecular complexity index is 715. The van der Waals surface area contributed by atoms with Gasteiger partial charge in [-0.3, -0.25) is 0 Å². The highest BCUT2D eigenvalue weighted by Gasteiger charge is 2.12. The zero-order valence-electron chi connectivity index (χ0n) is 12.0. The van der Waals surface area contributed by atoms with Gasteiger partial charge in [-0.15, -0.1) is 6.42 Å². The Balaban J connectivity index is 2.74. The summed E-state index contributed by atoms with van der Waals surface area (Å²) in [6.45, 7) is 6.00. The summed E-state index contributed by atoms with van der Waals surface area (Å²) in [5.41, 5.74) is 5.21. The molecule has 0 saturated heterocycles. The van der Waals surface area contributed by atoms with Crippen LogP contribution >= 0.6 is 0 Å². The van der Waals surface area contributed by atoms with Gasteiger partial charge in [0.1, 0.15) is 5.82 Å². The molecule has 0 amide bonds. The number of halogens is 1. The molecule has 100 valence electrons. The topological polar surface area (TPSA) is 0 Å². The molecule has 0 N–H and O–H groups in total. The van der Waals surface area contributed by atoms with Crippen LogP contribution in [0, 0.1) is 25.1 Å². The second kappa shape index (κ2) is 5.75. The van der Waals surface area contributed by atoms with Gasteiger partial charge in [0.25, 0.3) is 0 Å². The second-order valence-corrected chi connectivity index (χ2v) is 4.81. The van der Waals surface area contributed by atoms with Crippen molar-refractivity contribution in [1.82, 2.24) is 0 Å². The summed E-state index contributed by atoms with van der Waals surface area (Å²) >= 11 is 0. The van der Waals surface area contributed by atoms with E-state index in [4.69, 9.17) is 6.42 Å². The Hall–Kier alpha value is -2.33. The number of aryl methyl sites for hydroxylation is 1. The van der Waals surface area contributed by atoms with Crippen molar-refractivity contribution in [1.29, 1.82) is 0 Å². The van der Waals surface area contributed by atoms with Crippen LogP contribution in [-0.2, 0) is 0 Å². The zero-order chi connectivity index (χ0) is 14.7. The van der Waals surface area contributed by atoms with Crippen molar-refractivity contribution in [3.05, 3.63) is 65.0 Å². The molecule has 0 unspecified atom stereocenters. The van der Waals surface area contributed by atoms with E-state index < -0.39 is 0 Å². The minimum Gasteiger partial charge on any atom is -0.206 e. The lowest BCUT2D eigenvalue weighted by molar-refractivity contribution is 0.631. The van der Waals surface area contributed by atoms with Gasteiger partial charge < -0.3 is 0 Å². The minimum atomic E-state index is -0.279. The zero-order valence-corrected chi connectivity index (χ0v) is 12.0. The van der Waals surface area contributed by atoms with Gasteiger partial charge in [0.2, 0.25) is 0 Å². The van der Waals surface area contributed by atoms with Gasteiger partial charge in [-0.05, 0) is 61.2 Å². The lowest BCUT2D eigenvalue weighted by Gasteiger charge is -2.12. The first kappa shape index (κ1) is 14.1. The van der Waals surface area contributed by atoms with E-state index in [0.29, 0.717) is 11.1 Å². The van der Waals surface area contributed by atoms with Gasteiger partial charge in [0, 0.05) is 11.1 Å². The van der Waals surface area contributed by atoms with E-state index in [1.807, 2.05) is 45.0 Å². The van der Waals surface area contributed by atoms with E-state index >= 15 is 0 Å². The number of hydrogen-bond acceptors (Lipinski definition) is 0. The van der Waals surface area contributed by atoms with Gasteiger partial charge in [0.05, 0.1) is 0 Å². The Kier molecular flexibility index (Phi) is 4.05. The first-order valence-corrected chi connectivity index (χ1v) is 6.58. The molecule has 0 aliphatic carbocycles. The first-order valence-electron chi connectivity index (χ1n) is 6.58. The van der Waals surface area contributed by atoms with Crippen molar-refractivity contribution in [3.8, 4) is 23.5 Å². The Labute approximate surface area is 120 Å². The van der Waals surface area contributed by atoms with Crippen molar-refractivity contribution in [2.75, 3.05) is 0 Å². The van der Waals surface area contributed by atoms with Crippen LogP contribution < -0.4 is 0 Å². The fourth-order valence-electron chi connectivity index (χ4n) is 2.22. The molecule has 0 saturated carbocycles. The summed E-state index contributed by atoms with van der Waals surface area (Å²) in [7, 11) is 0. The SMILES string of the molecule is C#Cc1cccc(F)c1-c1cc(/C(C)=C/C)ccc1C. The van der Waals surface area contributed by atoms with Crippen LogP contribution in [0.3, 0.4) is 0 Å². The summed E-state index contributed by atoms with van der Waals surface area (Å²) < 4.78 is 14.2. The normalized spacial score (nSPS) is 11.2. The third-order valence-electron chi connectivity index (χ3n) is 3.56. The molecule has 0 bridgehead atoms. The minimum absolute atomic E-state index is 0.279. The predicted molar refractivity (Wildman–Crippen MR) is 83.8 cm³/mol. The highest BCUT2D eigenvalue weighted by atomic mass is 19.1. The molecular formula is C19H17F. The van der Waals surface area contributed by atoms with E-state index in [2.05, 4.69) is 5.92 Å². The number of rotatable bonds is 2. The number of terminal acetylenes is 1. The van der Waals surface area contributed by atoms with E-state index in [-0.39, 0.29) is 5.82 Å². The van der Waals surface area contributed by atoms with Crippen LogP contribution in [0.5, 0.6) is 0 Å². The average Bonchev–Trinajstić information content (AvgIpc) is 2.47. The predicted octanol–water partition coefficient (Wildman–Crippen LogP) is 5.21. The molecule has 0 radical (unpaired) electrons. The third-order valence-corrected chi connectivity index (χ3v) is 3.56. The molecule has 1 heteroatoms. The monoisotopic (exact) mass is 264 g/mol. The number of allylic oxidation sites excluding steroid dienone is 2. The molecule has 0 aliphatic heterocycles. The molecule has 2 rings (SSSR count). The fraction of sp³-hybridized carbons (Fsp3) is 0.158. The second-order valence-electron chi connectivity index (χ2n) is 4.81. The molecular weight excluding hydrogens is 247 g/mol. The Morgan fingerprint density at radius 1 is 1.25 bits per heavy atom. The van der Waals surface area contributed by atoms with Crippen LogP contribution in [0.1, 0.15) is 30.5 Å². The standard InChI is InChI=1S/C19H17F/c1-5-13(3)16-11-10-14(4)17(12-16)19-15(6-2)8-7-9-18(19)20/h2,5,7-12H,1,3-4H3/b13-5+. The van der Waals surface area contributed by atoms with Gasteiger partial charge >= 0.3 is 0 Å². The van der Waals surface area contributed by atoms with Crippen molar-refractivity contribution >= 4 is 5.57 Å². The van der Waals surface area contributed by atoms with E-state index in [0.717, 1.165) is 22.3 Å². The highest BCUT2D eigenvalue weighted by Crippen LogP contribution is 2.31. The van der Waals surface area contributed by atoms with Gasteiger partial charge in [0.15, 0.2) is 0 Å². The maximum absolute atomic E-state index is 14.2. The molecule has 20 heavy (non-hydrogen) atoms. The molecule has 0 aromatic heterocycles. The third kappa shape index (κ3) is 2.51. The van der Waals surface area contributed by atoms with Crippen LogP contribution in [0.4, 0.5) is 4.39 Å². The average molecular weight is 264 g/mol. The molecule has 0 spiro atoms. The quantitative estimate of drug-likeness (QED) is 0.653. The first-order chi connectivity index (χ1) is 9.58. The molecule has 2 aromatic carbocycles. The maximum atomic E-state index is 14.2. The summed E-state index contributed by atoms with van der Waals surface area (Å²) in [4.78, 5) is 0. The van der Waals surface area contributed by atoms with Crippen molar-refractivity contribution in [3.63, 3.8) is 0 Å².